The Kier molecular flexibility index (Phi) is 11.7. The number of amides is 1. The van der Waals surface area contributed by atoms with E-state index in [1.54, 1.807) is 36.7 Å². The number of rotatable bonds is 10. The first-order chi connectivity index (χ1) is 17.7. The van der Waals surface area contributed by atoms with Crippen molar-refractivity contribution in [3.63, 3.8) is 0 Å². The van der Waals surface area contributed by atoms with Crippen molar-refractivity contribution in [3.05, 3.63) is 89.5 Å². The van der Waals surface area contributed by atoms with Gasteiger partial charge >= 0.3 is 10.4 Å². The third-order valence-corrected chi connectivity index (χ3v) is 4.35. The van der Waals surface area contributed by atoms with E-state index in [0.717, 1.165) is 22.6 Å². The molecule has 0 atom stereocenters. The number of hydrogen-bond acceptors (Lipinski definition) is 8. The predicted molar refractivity (Wildman–Crippen MR) is 142 cm³/mol. The van der Waals surface area contributed by atoms with Gasteiger partial charge < -0.3 is 9.47 Å². The van der Waals surface area contributed by atoms with Crippen LogP contribution < -0.4 is 20.3 Å². The van der Waals surface area contributed by atoms with Gasteiger partial charge in [-0.1, -0.05) is 24.3 Å². The summed E-state index contributed by atoms with van der Waals surface area (Å²) < 4.78 is 42.7. The van der Waals surface area contributed by atoms with Gasteiger partial charge in [0, 0.05) is 16.7 Å². The van der Waals surface area contributed by atoms with Gasteiger partial charge in [-0.05, 0) is 62.4 Å². The average molecular weight is 529 g/mol. The molecule has 1 amide bonds. The van der Waals surface area contributed by atoms with Crippen LogP contribution in [0.2, 0.25) is 0 Å². The maximum Gasteiger partial charge on any atom is 0.394 e. The Labute approximate surface area is 215 Å². The van der Waals surface area contributed by atoms with Gasteiger partial charge in [-0.2, -0.15) is 18.6 Å². The Morgan fingerprint density at radius 1 is 0.811 bits per heavy atom. The largest absolute Gasteiger partial charge is 0.493 e. The lowest BCUT2D eigenvalue weighted by atomic mass is 10.2. The molecule has 12 heteroatoms. The predicted octanol–water partition coefficient (Wildman–Crippen LogP) is 4.04. The molecule has 0 aliphatic rings. The molecule has 0 spiro atoms. The summed E-state index contributed by atoms with van der Waals surface area (Å²) in [5.41, 5.74) is 8.38. The molecule has 0 radical (unpaired) electrons. The highest BCUT2D eigenvalue weighted by Gasteiger charge is 2.05. The molecule has 37 heavy (non-hydrogen) atoms. The second-order valence-electron chi connectivity index (χ2n) is 7.04. The first-order valence-corrected chi connectivity index (χ1v) is 12.5. The summed E-state index contributed by atoms with van der Waals surface area (Å²) in [6.07, 6.45) is 3.26. The normalized spacial score (nSPS) is 11.0. The number of carbonyl (C=O) groups excluding carboxylic acids is 1. The molecule has 0 fully saturated rings. The standard InChI is InChI=1S/C25H26N4O3.H2O4S/c1-3-31-23-11-7-5-9-20(23)17-26-28-22-15-13-19(14-16-22)25(30)29-27-18-21-10-6-8-12-24(21)32-4-2;1-5(2,3)4/h5-18,28H,3-4H2,1-2H3,(H,29,30);(H2,1,2,3,4)/b26-17+,27-18+;. The van der Waals surface area contributed by atoms with Crippen molar-refractivity contribution in [1.82, 2.24) is 5.43 Å². The number of carbonyl (C=O) groups is 1. The Morgan fingerprint density at radius 2 is 1.27 bits per heavy atom. The van der Waals surface area contributed by atoms with Gasteiger partial charge in [0.2, 0.25) is 0 Å². The smallest absolute Gasteiger partial charge is 0.394 e. The van der Waals surface area contributed by atoms with Gasteiger partial charge in [-0.3, -0.25) is 19.3 Å². The van der Waals surface area contributed by atoms with Crippen molar-refractivity contribution >= 4 is 34.4 Å². The zero-order valence-corrected chi connectivity index (χ0v) is 21.1. The fourth-order valence-corrected chi connectivity index (χ4v) is 2.85. The lowest BCUT2D eigenvalue weighted by Crippen LogP contribution is -2.17. The molecular formula is C25H28N4O7S. The zero-order chi connectivity index (χ0) is 27.1. The van der Waals surface area contributed by atoms with E-state index < -0.39 is 10.4 Å². The van der Waals surface area contributed by atoms with Crippen LogP contribution in [0.25, 0.3) is 0 Å². The molecule has 0 heterocycles. The molecule has 0 aromatic heterocycles. The SMILES string of the molecule is CCOc1ccccc1/C=N/NC(=O)c1ccc(N/N=C/c2ccccc2OCC)cc1.O=S(=O)(O)O. The van der Waals surface area contributed by atoms with Crippen molar-refractivity contribution in [2.45, 2.75) is 13.8 Å². The topological polar surface area (TPSA) is 159 Å². The summed E-state index contributed by atoms with van der Waals surface area (Å²) in [4.78, 5) is 12.3. The van der Waals surface area contributed by atoms with E-state index in [2.05, 4.69) is 21.1 Å². The Hall–Kier alpha value is -4.26. The lowest BCUT2D eigenvalue weighted by molar-refractivity contribution is 0.0955. The van der Waals surface area contributed by atoms with Crippen molar-refractivity contribution in [2.75, 3.05) is 18.6 Å². The van der Waals surface area contributed by atoms with Gasteiger partial charge in [-0.25, -0.2) is 5.43 Å². The molecule has 0 saturated carbocycles. The van der Waals surface area contributed by atoms with Crippen LogP contribution in [0, 0.1) is 0 Å². The van der Waals surface area contributed by atoms with Gasteiger partial charge in [-0.15, -0.1) is 0 Å². The van der Waals surface area contributed by atoms with Crippen LogP contribution in [0.15, 0.2) is 83.0 Å². The first kappa shape index (κ1) is 29.0. The number of hydrogen-bond donors (Lipinski definition) is 4. The number of ether oxygens (including phenoxy) is 2. The van der Waals surface area contributed by atoms with Crippen LogP contribution in [0.4, 0.5) is 5.69 Å². The first-order valence-electron chi connectivity index (χ1n) is 11.1. The molecule has 0 bridgehead atoms. The van der Waals surface area contributed by atoms with E-state index in [1.807, 2.05) is 62.4 Å². The summed E-state index contributed by atoms with van der Waals surface area (Å²) in [7, 11) is -4.67. The van der Waals surface area contributed by atoms with E-state index in [4.69, 9.17) is 27.0 Å². The summed E-state index contributed by atoms with van der Waals surface area (Å²) in [5, 5.41) is 8.28. The maximum atomic E-state index is 12.3. The minimum atomic E-state index is -4.67. The van der Waals surface area contributed by atoms with E-state index in [0.29, 0.717) is 24.5 Å². The monoisotopic (exact) mass is 528 g/mol. The van der Waals surface area contributed by atoms with E-state index in [-0.39, 0.29) is 5.91 Å². The van der Waals surface area contributed by atoms with Gasteiger partial charge in [0.05, 0.1) is 31.3 Å². The van der Waals surface area contributed by atoms with Crippen LogP contribution in [-0.4, -0.2) is 49.1 Å². The number of nitrogens with one attached hydrogen (secondary N) is 2. The molecule has 0 aliphatic heterocycles. The van der Waals surface area contributed by atoms with Crippen molar-refractivity contribution < 1.29 is 31.8 Å². The fraction of sp³-hybridized carbons (Fsp3) is 0.160. The molecule has 3 rings (SSSR count). The quantitative estimate of drug-likeness (QED) is 0.174. The minimum absolute atomic E-state index is 0.309. The number of nitrogens with zero attached hydrogens (tertiary/aromatic N) is 2. The van der Waals surface area contributed by atoms with Crippen LogP contribution in [0.5, 0.6) is 11.5 Å². The molecule has 0 aliphatic carbocycles. The maximum absolute atomic E-state index is 12.3. The van der Waals surface area contributed by atoms with E-state index in [1.165, 1.54) is 0 Å². The molecule has 0 saturated heterocycles. The summed E-state index contributed by atoms with van der Waals surface area (Å²) >= 11 is 0. The van der Waals surface area contributed by atoms with Crippen LogP contribution in [0.1, 0.15) is 35.3 Å². The number of benzene rings is 3. The van der Waals surface area contributed by atoms with Gasteiger partial charge in [0.1, 0.15) is 11.5 Å². The molecule has 11 nitrogen and oxygen atoms in total. The third kappa shape index (κ3) is 11.3. The molecule has 4 N–H and O–H groups in total. The molecule has 3 aromatic rings. The van der Waals surface area contributed by atoms with Crippen molar-refractivity contribution in [2.24, 2.45) is 10.2 Å². The highest BCUT2D eigenvalue weighted by atomic mass is 32.3. The number of hydrazone groups is 2. The highest BCUT2D eigenvalue weighted by Crippen LogP contribution is 2.17. The Balaban J connectivity index is 0.000000877. The summed E-state index contributed by atoms with van der Waals surface area (Å²) in [5.74, 6) is 1.18. The Morgan fingerprint density at radius 3 is 1.76 bits per heavy atom. The average Bonchev–Trinajstić information content (AvgIpc) is 2.86. The third-order valence-electron chi connectivity index (χ3n) is 4.35. The number of anilines is 1. The Bertz CT molecular complexity index is 1300. The van der Waals surface area contributed by atoms with E-state index >= 15 is 0 Å². The van der Waals surface area contributed by atoms with Crippen molar-refractivity contribution in [3.8, 4) is 11.5 Å². The zero-order valence-electron chi connectivity index (χ0n) is 20.2. The molecule has 196 valence electrons. The second-order valence-corrected chi connectivity index (χ2v) is 7.93. The van der Waals surface area contributed by atoms with Crippen LogP contribution in [-0.2, 0) is 10.4 Å². The van der Waals surface area contributed by atoms with Crippen LogP contribution >= 0.6 is 0 Å². The summed E-state index contributed by atoms with van der Waals surface area (Å²) in [6.45, 7) is 5.00. The minimum Gasteiger partial charge on any atom is -0.493 e. The summed E-state index contributed by atoms with van der Waals surface area (Å²) in [6, 6.07) is 22.1. The van der Waals surface area contributed by atoms with Crippen molar-refractivity contribution in [1.29, 1.82) is 0 Å². The van der Waals surface area contributed by atoms with Gasteiger partial charge in [0.15, 0.2) is 0 Å². The fourth-order valence-electron chi connectivity index (χ4n) is 2.85. The lowest BCUT2D eigenvalue weighted by Gasteiger charge is -2.06. The van der Waals surface area contributed by atoms with Crippen LogP contribution in [0.3, 0.4) is 0 Å². The molecule has 0 unspecified atom stereocenters. The van der Waals surface area contributed by atoms with Gasteiger partial charge in [0.25, 0.3) is 5.91 Å². The van der Waals surface area contributed by atoms with E-state index in [9.17, 15) is 4.79 Å². The molecular weight excluding hydrogens is 500 g/mol. The highest BCUT2D eigenvalue weighted by molar-refractivity contribution is 7.79. The second kappa shape index (κ2) is 15.0. The molecule has 3 aromatic carbocycles. The number of para-hydroxylation sites is 2.